The molecule has 0 radical (unpaired) electrons. The van der Waals surface area contributed by atoms with Gasteiger partial charge in [-0.2, -0.15) is 0 Å². The number of sulfonamides is 2. The third-order valence-corrected chi connectivity index (χ3v) is 11.3. The summed E-state index contributed by atoms with van der Waals surface area (Å²) in [5, 5.41) is 0. The molecular weight excluding hydrogens is 603 g/mol. The number of nitrogens with one attached hydrogen (secondary N) is 2. The molecule has 0 amide bonds. The van der Waals surface area contributed by atoms with Crippen LogP contribution in [-0.2, 0) is 45.5 Å². The van der Waals surface area contributed by atoms with Crippen LogP contribution in [0.1, 0.15) is 25.0 Å². The summed E-state index contributed by atoms with van der Waals surface area (Å²) in [7, 11) is -7.51. The van der Waals surface area contributed by atoms with Gasteiger partial charge in [0.15, 0.2) is 0 Å². The molecule has 0 unspecified atom stereocenters. The van der Waals surface area contributed by atoms with Crippen molar-refractivity contribution in [3.63, 3.8) is 0 Å². The van der Waals surface area contributed by atoms with Crippen molar-refractivity contribution in [2.75, 3.05) is 16.1 Å². The van der Waals surface area contributed by atoms with Gasteiger partial charge in [0, 0.05) is 11.4 Å². The summed E-state index contributed by atoms with van der Waals surface area (Å²) in [6.07, 6.45) is -1.35. The van der Waals surface area contributed by atoms with Crippen molar-refractivity contribution in [3.05, 3.63) is 120 Å². The standard InChI is InChI=1S/C32H31N3O7S2/c1-31(22-16-18-24(19-17-22)33-43(36,37)26-12-5-3-6-13-26)29-35-28(21-40-29)41-32(2,30(35)42-31)23-10-9-11-25(20-23)34-44(38,39)27-14-7-4-8-15-27/h3-20,28-30,33-34H,21H2,1-2H3/t28-,29-,30-,31+,32-/m0/s1. The molecule has 2 N–H and O–H groups in total. The summed E-state index contributed by atoms with van der Waals surface area (Å²) in [5.41, 5.74) is 0.557. The minimum absolute atomic E-state index is 0.170. The Morgan fingerprint density at radius 3 is 1.82 bits per heavy atom. The minimum Gasteiger partial charge on any atom is -0.355 e. The molecule has 0 spiro atoms. The molecule has 3 aliphatic heterocycles. The van der Waals surface area contributed by atoms with Crippen LogP contribution in [0.4, 0.5) is 11.4 Å². The molecule has 0 aliphatic carbocycles. The second-order valence-electron chi connectivity index (χ2n) is 11.4. The van der Waals surface area contributed by atoms with Gasteiger partial charge in [-0.15, -0.1) is 0 Å². The van der Waals surface area contributed by atoms with Crippen molar-refractivity contribution in [1.82, 2.24) is 4.90 Å². The van der Waals surface area contributed by atoms with Crippen molar-refractivity contribution >= 4 is 31.4 Å². The zero-order chi connectivity index (χ0) is 30.7. The minimum atomic E-state index is -3.78. The zero-order valence-electron chi connectivity index (χ0n) is 24.0. The topological polar surface area (TPSA) is 123 Å². The van der Waals surface area contributed by atoms with Crippen molar-refractivity contribution in [1.29, 1.82) is 0 Å². The lowest BCUT2D eigenvalue weighted by atomic mass is 9.93. The van der Waals surface area contributed by atoms with E-state index in [0.29, 0.717) is 18.0 Å². The Bertz CT molecular complexity index is 1910. The molecule has 4 aromatic carbocycles. The van der Waals surface area contributed by atoms with Crippen LogP contribution in [0.3, 0.4) is 0 Å². The highest BCUT2D eigenvalue weighted by atomic mass is 32.2. The van der Waals surface area contributed by atoms with Gasteiger partial charge in [0.25, 0.3) is 20.0 Å². The lowest BCUT2D eigenvalue weighted by molar-refractivity contribution is -0.138. The molecule has 4 aromatic rings. The number of hydrogen-bond acceptors (Lipinski definition) is 8. The summed E-state index contributed by atoms with van der Waals surface area (Å²) in [6, 6.07) is 30.6. The Morgan fingerprint density at radius 1 is 0.636 bits per heavy atom. The summed E-state index contributed by atoms with van der Waals surface area (Å²) in [5.74, 6) is 0. The molecule has 10 nitrogen and oxygen atoms in total. The van der Waals surface area contributed by atoms with Gasteiger partial charge in [-0.05, 0) is 73.5 Å². The molecule has 12 heteroatoms. The van der Waals surface area contributed by atoms with Crippen LogP contribution < -0.4 is 9.44 Å². The second-order valence-corrected chi connectivity index (χ2v) is 14.7. The fourth-order valence-corrected chi connectivity index (χ4v) is 8.36. The van der Waals surface area contributed by atoms with Gasteiger partial charge in [0.05, 0.1) is 16.4 Å². The van der Waals surface area contributed by atoms with Crippen LogP contribution in [0, 0.1) is 0 Å². The average molecular weight is 634 g/mol. The largest absolute Gasteiger partial charge is 0.355 e. The fraction of sp³-hybridized carbons (Fsp3) is 0.250. The van der Waals surface area contributed by atoms with E-state index >= 15 is 0 Å². The van der Waals surface area contributed by atoms with E-state index in [4.69, 9.17) is 14.2 Å². The van der Waals surface area contributed by atoms with E-state index in [-0.39, 0.29) is 16.0 Å². The first-order valence-electron chi connectivity index (χ1n) is 14.1. The maximum Gasteiger partial charge on any atom is 0.261 e. The smallest absolute Gasteiger partial charge is 0.261 e. The summed E-state index contributed by atoms with van der Waals surface area (Å²) < 4.78 is 76.4. The van der Waals surface area contributed by atoms with E-state index in [1.165, 1.54) is 12.1 Å². The van der Waals surface area contributed by atoms with Crippen LogP contribution in [0.15, 0.2) is 119 Å². The van der Waals surface area contributed by atoms with Gasteiger partial charge in [-0.3, -0.25) is 9.44 Å². The third kappa shape index (κ3) is 4.78. The van der Waals surface area contributed by atoms with E-state index in [2.05, 4.69) is 14.3 Å². The molecule has 0 saturated carbocycles. The molecule has 0 aromatic heterocycles. The first-order chi connectivity index (χ1) is 21.0. The SMILES string of the molecule is C[C@@]1(c2cccc(NS(=O)(=O)c3ccccc3)c2)O[C@H]2CO[C@@H]3N2[C@H]1O[C@]3(C)c1ccc(NS(=O)(=O)c2ccccc2)cc1. The molecule has 44 heavy (non-hydrogen) atoms. The Kier molecular flexibility index (Phi) is 6.85. The third-order valence-electron chi connectivity index (χ3n) is 8.46. The van der Waals surface area contributed by atoms with Gasteiger partial charge in [0.1, 0.15) is 29.9 Å². The quantitative estimate of drug-likeness (QED) is 0.284. The molecular formula is C32H31N3O7S2. The lowest BCUT2D eigenvalue weighted by Crippen LogP contribution is -2.40. The van der Waals surface area contributed by atoms with Crippen LogP contribution in [0.2, 0.25) is 0 Å². The number of rotatable bonds is 8. The lowest BCUT2D eigenvalue weighted by Gasteiger charge is -2.33. The maximum absolute atomic E-state index is 13.0. The summed E-state index contributed by atoms with van der Waals surface area (Å²) in [4.78, 5) is 2.42. The van der Waals surface area contributed by atoms with E-state index in [0.717, 1.165) is 11.1 Å². The number of ether oxygens (including phenoxy) is 3. The van der Waals surface area contributed by atoms with E-state index < -0.39 is 43.7 Å². The van der Waals surface area contributed by atoms with Crippen molar-refractivity contribution in [3.8, 4) is 0 Å². The number of anilines is 2. The highest BCUT2D eigenvalue weighted by Crippen LogP contribution is 2.56. The van der Waals surface area contributed by atoms with E-state index in [9.17, 15) is 16.8 Å². The van der Waals surface area contributed by atoms with Gasteiger partial charge < -0.3 is 14.2 Å². The summed E-state index contributed by atoms with van der Waals surface area (Å²) in [6.45, 7) is 4.22. The van der Waals surface area contributed by atoms with Crippen LogP contribution in [0.25, 0.3) is 0 Å². The van der Waals surface area contributed by atoms with E-state index in [1.807, 2.05) is 32.0 Å². The Labute approximate surface area is 256 Å². The average Bonchev–Trinajstić information content (AvgIpc) is 3.66. The molecule has 0 bridgehead atoms. The van der Waals surface area contributed by atoms with Crippen LogP contribution >= 0.6 is 0 Å². The number of hydrogen-bond donors (Lipinski definition) is 2. The molecule has 7 rings (SSSR count). The normalized spacial score (nSPS) is 28.1. The highest BCUT2D eigenvalue weighted by Gasteiger charge is 2.68. The molecule has 3 fully saturated rings. The fourth-order valence-electron chi connectivity index (χ4n) is 6.21. The first kappa shape index (κ1) is 29.0. The highest BCUT2D eigenvalue weighted by molar-refractivity contribution is 7.93. The predicted octanol–water partition coefficient (Wildman–Crippen LogP) is 4.79. The van der Waals surface area contributed by atoms with E-state index in [1.54, 1.807) is 78.9 Å². The maximum atomic E-state index is 13.0. The Balaban J connectivity index is 1.14. The van der Waals surface area contributed by atoms with Gasteiger partial charge in [0.2, 0.25) is 0 Å². The van der Waals surface area contributed by atoms with Gasteiger partial charge in [-0.1, -0.05) is 60.7 Å². The number of nitrogens with zero attached hydrogens (tertiary/aromatic N) is 1. The van der Waals surface area contributed by atoms with Crippen LogP contribution in [0.5, 0.6) is 0 Å². The number of benzene rings is 4. The van der Waals surface area contributed by atoms with Crippen molar-refractivity contribution in [2.45, 2.75) is 53.5 Å². The predicted molar refractivity (Wildman–Crippen MR) is 163 cm³/mol. The van der Waals surface area contributed by atoms with Crippen molar-refractivity contribution in [2.24, 2.45) is 0 Å². The van der Waals surface area contributed by atoms with Crippen molar-refractivity contribution < 1.29 is 31.0 Å². The Morgan fingerprint density at radius 2 is 1.20 bits per heavy atom. The van der Waals surface area contributed by atoms with Crippen LogP contribution in [-0.4, -0.2) is 47.0 Å². The van der Waals surface area contributed by atoms with Gasteiger partial charge in [-0.25, -0.2) is 21.7 Å². The first-order valence-corrected chi connectivity index (χ1v) is 17.1. The molecule has 3 heterocycles. The van der Waals surface area contributed by atoms with Gasteiger partial charge >= 0.3 is 0 Å². The molecule has 5 atom stereocenters. The molecule has 3 aliphatic rings. The second kappa shape index (κ2) is 10.4. The molecule has 3 saturated heterocycles. The molecule has 228 valence electrons. The zero-order valence-corrected chi connectivity index (χ0v) is 25.6. The summed E-state index contributed by atoms with van der Waals surface area (Å²) >= 11 is 0. The Hall–Kier alpha value is -3.78. The monoisotopic (exact) mass is 633 g/mol.